The zero-order chi connectivity index (χ0) is 16.9. The molecule has 0 radical (unpaired) electrons. The van der Waals surface area contributed by atoms with E-state index in [0.29, 0.717) is 17.8 Å². The third-order valence-electron chi connectivity index (χ3n) is 4.13. The van der Waals surface area contributed by atoms with Crippen molar-refractivity contribution in [3.8, 4) is 0 Å². The molecule has 1 N–H and O–H groups in total. The van der Waals surface area contributed by atoms with E-state index in [1.165, 1.54) is 30.7 Å². The molecule has 2 heterocycles. The third kappa shape index (κ3) is 4.11. The Balaban J connectivity index is 1.50. The fourth-order valence-electron chi connectivity index (χ4n) is 2.80. The molecule has 0 aliphatic carbocycles. The average molecular weight is 332 g/mol. The van der Waals surface area contributed by atoms with E-state index >= 15 is 0 Å². The second kappa shape index (κ2) is 7.44. The van der Waals surface area contributed by atoms with E-state index in [1.807, 2.05) is 0 Å². The topological polar surface area (TPSA) is 58.1 Å². The summed E-state index contributed by atoms with van der Waals surface area (Å²) in [4.78, 5) is 22.0. The Hall–Kier alpha value is -2.41. The molecule has 1 aromatic heterocycles. The first-order valence-electron chi connectivity index (χ1n) is 7.85. The van der Waals surface area contributed by atoms with Gasteiger partial charge in [0, 0.05) is 49.7 Å². The van der Waals surface area contributed by atoms with Crippen LogP contribution >= 0.6 is 0 Å². The molecule has 126 valence electrons. The summed E-state index contributed by atoms with van der Waals surface area (Å²) in [5.41, 5.74) is 0.784. The second-order valence-electron chi connectivity index (χ2n) is 5.85. The van der Waals surface area contributed by atoms with Gasteiger partial charge < -0.3 is 5.32 Å². The van der Waals surface area contributed by atoms with Crippen LogP contribution in [0.2, 0.25) is 0 Å². The number of amides is 1. The number of hydrogen-bond acceptors (Lipinski definition) is 4. The van der Waals surface area contributed by atoms with E-state index in [9.17, 15) is 13.6 Å². The third-order valence-corrected chi connectivity index (χ3v) is 4.13. The van der Waals surface area contributed by atoms with Crippen molar-refractivity contribution >= 4 is 5.91 Å². The molecular formula is C17H18F2N4O. The molecular weight excluding hydrogens is 314 g/mol. The number of halogens is 2. The lowest BCUT2D eigenvalue weighted by molar-refractivity contribution is 0.0903. The smallest absolute Gasteiger partial charge is 0.271 e. The van der Waals surface area contributed by atoms with Crippen molar-refractivity contribution < 1.29 is 13.6 Å². The first-order chi connectivity index (χ1) is 11.6. The van der Waals surface area contributed by atoms with Crippen LogP contribution < -0.4 is 5.32 Å². The number of carbonyl (C=O) groups is 1. The van der Waals surface area contributed by atoms with Gasteiger partial charge in [0.15, 0.2) is 0 Å². The first kappa shape index (κ1) is 16.4. The molecule has 1 aromatic carbocycles. The normalized spacial score (nSPS) is 16.1. The van der Waals surface area contributed by atoms with Gasteiger partial charge >= 0.3 is 0 Å². The minimum atomic E-state index is -0.568. The summed E-state index contributed by atoms with van der Waals surface area (Å²) in [5.74, 6) is -1.32. The first-order valence-corrected chi connectivity index (χ1v) is 7.85. The molecule has 1 fully saturated rings. The summed E-state index contributed by atoms with van der Waals surface area (Å²) in [6.45, 7) is 1.92. The molecule has 0 unspecified atom stereocenters. The monoisotopic (exact) mass is 332 g/mol. The van der Waals surface area contributed by atoms with Crippen molar-refractivity contribution in [2.24, 2.45) is 0 Å². The molecule has 7 heteroatoms. The van der Waals surface area contributed by atoms with Crippen molar-refractivity contribution in [3.05, 3.63) is 59.7 Å². The molecule has 3 rings (SSSR count). The molecule has 1 aliphatic rings. The van der Waals surface area contributed by atoms with Crippen LogP contribution in [0.15, 0.2) is 36.8 Å². The van der Waals surface area contributed by atoms with E-state index in [-0.39, 0.29) is 11.9 Å². The van der Waals surface area contributed by atoms with Crippen LogP contribution in [-0.2, 0) is 6.54 Å². The Morgan fingerprint density at radius 2 is 2.04 bits per heavy atom. The zero-order valence-electron chi connectivity index (χ0n) is 13.1. The number of aromatic nitrogens is 2. The maximum absolute atomic E-state index is 13.7. The highest BCUT2D eigenvalue weighted by Gasteiger charge is 2.22. The van der Waals surface area contributed by atoms with Crippen LogP contribution in [0.3, 0.4) is 0 Å². The minimum Gasteiger partial charge on any atom is -0.348 e. The Kier molecular flexibility index (Phi) is 5.10. The van der Waals surface area contributed by atoms with E-state index in [1.54, 1.807) is 0 Å². The lowest BCUT2D eigenvalue weighted by Crippen LogP contribution is -2.44. The highest BCUT2D eigenvalue weighted by molar-refractivity contribution is 5.92. The molecule has 1 aliphatic heterocycles. The summed E-state index contributed by atoms with van der Waals surface area (Å²) >= 11 is 0. The van der Waals surface area contributed by atoms with Crippen molar-refractivity contribution in [2.45, 2.75) is 25.4 Å². The SMILES string of the molecule is O=C(NC1CCN(Cc2ccc(F)cc2F)CC1)c1cnccn1. The van der Waals surface area contributed by atoms with Crippen molar-refractivity contribution in [1.29, 1.82) is 0 Å². The van der Waals surface area contributed by atoms with Crippen LogP contribution in [-0.4, -0.2) is 39.9 Å². The summed E-state index contributed by atoms with van der Waals surface area (Å²) in [7, 11) is 0. The zero-order valence-corrected chi connectivity index (χ0v) is 13.1. The summed E-state index contributed by atoms with van der Waals surface area (Å²) in [6.07, 6.45) is 5.98. The molecule has 0 atom stereocenters. The van der Waals surface area contributed by atoms with Gasteiger partial charge in [-0.3, -0.25) is 14.7 Å². The van der Waals surface area contributed by atoms with Gasteiger partial charge in [-0.15, -0.1) is 0 Å². The fourth-order valence-corrected chi connectivity index (χ4v) is 2.80. The number of benzene rings is 1. The van der Waals surface area contributed by atoms with Crippen molar-refractivity contribution in [2.75, 3.05) is 13.1 Å². The van der Waals surface area contributed by atoms with Crippen LogP contribution in [0, 0.1) is 11.6 Å². The van der Waals surface area contributed by atoms with E-state index in [0.717, 1.165) is 32.0 Å². The molecule has 5 nitrogen and oxygen atoms in total. The Morgan fingerprint density at radius 1 is 1.25 bits per heavy atom. The van der Waals surface area contributed by atoms with Gasteiger partial charge in [0.05, 0.1) is 6.20 Å². The number of likely N-dealkylation sites (tertiary alicyclic amines) is 1. The fraction of sp³-hybridized carbons (Fsp3) is 0.353. The van der Waals surface area contributed by atoms with E-state index in [2.05, 4.69) is 20.2 Å². The number of nitrogens with one attached hydrogen (secondary N) is 1. The highest BCUT2D eigenvalue weighted by Crippen LogP contribution is 2.17. The summed E-state index contributed by atoms with van der Waals surface area (Å²) < 4.78 is 26.6. The average Bonchev–Trinajstić information content (AvgIpc) is 2.60. The van der Waals surface area contributed by atoms with Crippen LogP contribution in [0.1, 0.15) is 28.9 Å². The number of piperidine rings is 1. The van der Waals surface area contributed by atoms with Gasteiger partial charge in [0.2, 0.25) is 0 Å². The maximum atomic E-state index is 13.7. The summed E-state index contributed by atoms with van der Waals surface area (Å²) in [6, 6.07) is 3.72. The standard InChI is InChI=1S/C17H18F2N4O/c18-13-2-1-12(15(19)9-13)11-23-7-3-14(4-8-23)22-17(24)16-10-20-5-6-21-16/h1-2,5-6,9-10,14H,3-4,7-8,11H2,(H,22,24). The van der Waals surface area contributed by atoms with Crippen molar-refractivity contribution in [1.82, 2.24) is 20.2 Å². The van der Waals surface area contributed by atoms with Gasteiger partial charge in [0.25, 0.3) is 5.91 Å². The Morgan fingerprint density at radius 3 is 2.71 bits per heavy atom. The van der Waals surface area contributed by atoms with E-state index in [4.69, 9.17) is 0 Å². The minimum absolute atomic E-state index is 0.0637. The molecule has 0 bridgehead atoms. The Labute approximate surface area is 138 Å². The molecule has 1 saturated heterocycles. The van der Waals surface area contributed by atoms with E-state index < -0.39 is 11.6 Å². The van der Waals surface area contributed by atoms with Crippen LogP contribution in [0.4, 0.5) is 8.78 Å². The predicted molar refractivity (Wildman–Crippen MR) is 84.2 cm³/mol. The van der Waals surface area contributed by atoms with Gasteiger partial charge in [-0.25, -0.2) is 13.8 Å². The van der Waals surface area contributed by atoms with Gasteiger partial charge in [-0.1, -0.05) is 6.07 Å². The maximum Gasteiger partial charge on any atom is 0.271 e. The number of hydrogen-bond donors (Lipinski definition) is 1. The number of nitrogens with zero attached hydrogens (tertiary/aromatic N) is 3. The van der Waals surface area contributed by atoms with Crippen LogP contribution in [0.5, 0.6) is 0 Å². The second-order valence-corrected chi connectivity index (χ2v) is 5.85. The number of rotatable bonds is 4. The summed E-state index contributed by atoms with van der Waals surface area (Å²) in [5, 5.41) is 2.95. The lowest BCUT2D eigenvalue weighted by atomic mass is 10.0. The highest BCUT2D eigenvalue weighted by atomic mass is 19.1. The van der Waals surface area contributed by atoms with Gasteiger partial charge in [-0.05, 0) is 18.9 Å². The number of carbonyl (C=O) groups excluding carboxylic acids is 1. The molecule has 0 spiro atoms. The van der Waals surface area contributed by atoms with Crippen molar-refractivity contribution in [3.63, 3.8) is 0 Å². The molecule has 2 aromatic rings. The largest absolute Gasteiger partial charge is 0.348 e. The molecule has 1 amide bonds. The van der Waals surface area contributed by atoms with Crippen LogP contribution in [0.25, 0.3) is 0 Å². The van der Waals surface area contributed by atoms with Gasteiger partial charge in [0.1, 0.15) is 17.3 Å². The predicted octanol–water partition coefficient (Wildman–Crippen LogP) is 2.15. The lowest BCUT2D eigenvalue weighted by Gasteiger charge is -2.32. The van der Waals surface area contributed by atoms with Gasteiger partial charge in [-0.2, -0.15) is 0 Å². The Bertz CT molecular complexity index is 703. The quantitative estimate of drug-likeness (QED) is 0.932. The molecule has 24 heavy (non-hydrogen) atoms. The molecule has 0 saturated carbocycles.